The Balaban J connectivity index is 2.64. The van der Waals surface area contributed by atoms with Crippen LogP contribution < -0.4 is 0 Å². The second-order valence-corrected chi connectivity index (χ2v) is 3.02. The van der Waals surface area contributed by atoms with E-state index in [2.05, 4.69) is 4.74 Å². The van der Waals surface area contributed by atoms with Gasteiger partial charge in [0.25, 0.3) is 0 Å². The molecule has 0 fully saturated rings. The van der Waals surface area contributed by atoms with Gasteiger partial charge in [-0.25, -0.2) is 9.18 Å². The van der Waals surface area contributed by atoms with Gasteiger partial charge in [-0.2, -0.15) is 0 Å². The monoisotopic (exact) mass is 186 g/mol. The van der Waals surface area contributed by atoms with E-state index in [1.54, 1.807) is 0 Å². The van der Waals surface area contributed by atoms with Crippen molar-refractivity contribution < 1.29 is 13.9 Å². The number of rotatable bonds is 1. The first-order valence-electron chi connectivity index (χ1n) is 3.24. The molecule has 0 unspecified atom stereocenters. The molecule has 1 aromatic rings. The molecule has 0 aliphatic rings. The molecule has 0 bridgehead atoms. The summed E-state index contributed by atoms with van der Waals surface area (Å²) in [4.78, 5) is 11.4. The number of halogens is 1. The van der Waals surface area contributed by atoms with Crippen molar-refractivity contribution in [3.63, 3.8) is 0 Å². The average Bonchev–Trinajstić information content (AvgIpc) is 2.09. The fourth-order valence-electron chi connectivity index (χ4n) is 0.641. The smallest absolute Gasteiger partial charge is 0.371 e. The first-order chi connectivity index (χ1) is 5.72. The highest BCUT2D eigenvalue weighted by molar-refractivity contribution is 8.13. The zero-order valence-corrected chi connectivity index (χ0v) is 7.23. The topological polar surface area (TPSA) is 26.3 Å². The van der Waals surface area contributed by atoms with Crippen LogP contribution in [0, 0.1) is 5.82 Å². The Morgan fingerprint density at radius 1 is 1.42 bits per heavy atom. The number of methoxy groups -OCH3 is 1. The van der Waals surface area contributed by atoms with Crippen LogP contribution in [-0.2, 0) is 4.74 Å². The predicted octanol–water partition coefficient (Wildman–Crippen LogP) is 2.68. The Labute approximate surface area is 73.7 Å². The summed E-state index contributed by atoms with van der Waals surface area (Å²) in [5.41, 5.74) is 0. The number of ether oxygens (including phenoxy) is 1. The minimum absolute atomic E-state index is 0.316. The molecule has 0 amide bonds. The van der Waals surface area contributed by atoms with Crippen LogP contribution >= 0.6 is 11.8 Å². The lowest BCUT2D eigenvalue weighted by Crippen LogP contribution is -1.89. The van der Waals surface area contributed by atoms with Crippen molar-refractivity contribution in [1.29, 1.82) is 0 Å². The lowest BCUT2D eigenvalue weighted by Gasteiger charge is -1.97. The number of thioether (sulfide) groups is 1. The number of benzene rings is 1. The van der Waals surface area contributed by atoms with E-state index in [-0.39, 0.29) is 5.82 Å². The Kier molecular flexibility index (Phi) is 3.10. The first kappa shape index (κ1) is 9.06. The molecule has 0 aliphatic carbocycles. The van der Waals surface area contributed by atoms with Crippen LogP contribution in [0.5, 0.6) is 0 Å². The molecule has 0 N–H and O–H groups in total. The van der Waals surface area contributed by atoms with Crippen molar-refractivity contribution in [2.24, 2.45) is 0 Å². The Hall–Kier alpha value is -1.03. The minimum Gasteiger partial charge on any atom is -0.461 e. The molecular weight excluding hydrogens is 179 g/mol. The molecule has 0 spiro atoms. The number of carbonyl (C=O) groups is 1. The highest BCUT2D eigenvalue weighted by Gasteiger charge is 2.02. The highest BCUT2D eigenvalue weighted by Crippen LogP contribution is 2.19. The van der Waals surface area contributed by atoms with Gasteiger partial charge in [-0.3, -0.25) is 0 Å². The maximum atomic E-state index is 12.4. The quantitative estimate of drug-likeness (QED) is 0.498. The predicted molar refractivity (Wildman–Crippen MR) is 44.7 cm³/mol. The SMILES string of the molecule is COC(=O)Sc1ccc(F)cc1. The summed E-state index contributed by atoms with van der Waals surface area (Å²) in [5, 5.41) is -0.401. The zero-order valence-electron chi connectivity index (χ0n) is 6.41. The number of hydrogen-bond donors (Lipinski definition) is 0. The summed E-state index contributed by atoms with van der Waals surface area (Å²) < 4.78 is 16.8. The van der Waals surface area contributed by atoms with Crippen molar-refractivity contribution in [2.45, 2.75) is 4.90 Å². The van der Waals surface area contributed by atoms with Gasteiger partial charge < -0.3 is 4.74 Å². The molecule has 4 heteroatoms. The zero-order chi connectivity index (χ0) is 8.97. The van der Waals surface area contributed by atoms with Gasteiger partial charge in [0.05, 0.1) is 7.11 Å². The molecule has 0 atom stereocenters. The van der Waals surface area contributed by atoms with Crippen LogP contribution in [0.2, 0.25) is 0 Å². The van der Waals surface area contributed by atoms with E-state index in [9.17, 15) is 9.18 Å². The lowest BCUT2D eigenvalue weighted by molar-refractivity contribution is 0.200. The Morgan fingerprint density at radius 2 is 2.00 bits per heavy atom. The van der Waals surface area contributed by atoms with Gasteiger partial charge in [0, 0.05) is 4.90 Å². The van der Waals surface area contributed by atoms with Crippen LogP contribution in [0.3, 0.4) is 0 Å². The molecule has 2 nitrogen and oxygen atoms in total. The lowest BCUT2D eigenvalue weighted by atomic mass is 10.4. The van der Waals surface area contributed by atoms with E-state index in [0.29, 0.717) is 4.90 Å². The molecule has 0 saturated heterocycles. The third-order valence-electron chi connectivity index (χ3n) is 1.18. The Morgan fingerprint density at radius 3 is 2.50 bits per heavy atom. The maximum absolute atomic E-state index is 12.4. The third-order valence-corrected chi connectivity index (χ3v) is 2.02. The van der Waals surface area contributed by atoms with Crippen molar-refractivity contribution in [3.8, 4) is 0 Å². The third kappa shape index (κ3) is 2.54. The molecule has 0 saturated carbocycles. The Bertz CT molecular complexity index is 271. The van der Waals surface area contributed by atoms with E-state index in [1.807, 2.05) is 0 Å². The summed E-state index contributed by atoms with van der Waals surface area (Å²) in [5.74, 6) is -0.316. The fraction of sp³-hybridized carbons (Fsp3) is 0.125. The normalized spacial score (nSPS) is 9.50. The van der Waals surface area contributed by atoms with E-state index in [1.165, 1.54) is 31.4 Å². The molecule has 1 rings (SSSR count). The van der Waals surface area contributed by atoms with Gasteiger partial charge in [0.1, 0.15) is 5.82 Å². The fourth-order valence-corrected chi connectivity index (χ4v) is 1.19. The van der Waals surface area contributed by atoms with Gasteiger partial charge >= 0.3 is 5.30 Å². The van der Waals surface area contributed by atoms with Crippen LogP contribution in [0.25, 0.3) is 0 Å². The minimum atomic E-state index is -0.401. The van der Waals surface area contributed by atoms with Gasteiger partial charge in [-0.15, -0.1) is 0 Å². The second kappa shape index (κ2) is 4.11. The van der Waals surface area contributed by atoms with Crippen molar-refractivity contribution in [1.82, 2.24) is 0 Å². The van der Waals surface area contributed by atoms with Gasteiger partial charge in [-0.1, -0.05) is 0 Å². The maximum Gasteiger partial charge on any atom is 0.371 e. The van der Waals surface area contributed by atoms with Crippen LogP contribution in [-0.4, -0.2) is 12.4 Å². The molecular formula is C8H7FO2S. The van der Waals surface area contributed by atoms with Crippen molar-refractivity contribution >= 4 is 17.1 Å². The van der Waals surface area contributed by atoms with E-state index in [4.69, 9.17) is 0 Å². The molecule has 0 aliphatic heterocycles. The van der Waals surface area contributed by atoms with E-state index < -0.39 is 5.30 Å². The molecule has 0 heterocycles. The van der Waals surface area contributed by atoms with Crippen molar-refractivity contribution in [2.75, 3.05) is 7.11 Å². The van der Waals surface area contributed by atoms with Crippen LogP contribution in [0.1, 0.15) is 0 Å². The molecule has 12 heavy (non-hydrogen) atoms. The summed E-state index contributed by atoms with van der Waals surface area (Å²) in [6.45, 7) is 0. The van der Waals surface area contributed by atoms with E-state index >= 15 is 0 Å². The van der Waals surface area contributed by atoms with Crippen molar-refractivity contribution in [3.05, 3.63) is 30.1 Å². The largest absolute Gasteiger partial charge is 0.461 e. The van der Waals surface area contributed by atoms with Gasteiger partial charge in [-0.05, 0) is 36.0 Å². The number of carbonyl (C=O) groups excluding carboxylic acids is 1. The summed E-state index contributed by atoms with van der Waals surface area (Å²) in [6.07, 6.45) is 0. The molecule has 0 aromatic heterocycles. The molecule has 1 aromatic carbocycles. The van der Waals surface area contributed by atoms with E-state index in [0.717, 1.165) is 11.8 Å². The second-order valence-electron chi connectivity index (χ2n) is 2.01. The first-order valence-corrected chi connectivity index (χ1v) is 4.05. The standard InChI is InChI=1S/C8H7FO2S/c1-11-8(10)12-7-4-2-6(9)3-5-7/h2-5H,1H3. The molecule has 0 radical (unpaired) electrons. The molecule has 64 valence electrons. The number of hydrogen-bond acceptors (Lipinski definition) is 3. The summed E-state index contributed by atoms with van der Waals surface area (Å²) in [7, 11) is 1.30. The average molecular weight is 186 g/mol. The van der Waals surface area contributed by atoms with Crippen LogP contribution in [0.15, 0.2) is 29.2 Å². The summed E-state index contributed by atoms with van der Waals surface area (Å²) in [6, 6.07) is 5.64. The summed E-state index contributed by atoms with van der Waals surface area (Å²) >= 11 is 0.924. The highest BCUT2D eigenvalue weighted by atomic mass is 32.2. The van der Waals surface area contributed by atoms with Gasteiger partial charge in [0.15, 0.2) is 0 Å². The van der Waals surface area contributed by atoms with Crippen LogP contribution in [0.4, 0.5) is 9.18 Å². The van der Waals surface area contributed by atoms with Gasteiger partial charge in [0.2, 0.25) is 0 Å².